The molecule has 0 radical (unpaired) electrons. The van der Waals surface area contributed by atoms with Crippen LogP contribution in [-0.4, -0.2) is 16.0 Å². The van der Waals surface area contributed by atoms with E-state index in [0.29, 0.717) is 5.92 Å². The Morgan fingerprint density at radius 3 is 2.65 bits per heavy atom. The molecule has 1 aromatic rings. The Bertz CT molecular complexity index is 483. The van der Waals surface area contributed by atoms with Crippen LogP contribution in [0.1, 0.15) is 44.6 Å². The Kier molecular flexibility index (Phi) is 4.07. The van der Waals surface area contributed by atoms with Gasteiger partial charge in [0.2, 0.25) is 0 Å². The number of esters is 1. The molecule has 2 aliphatic carbocycles. The first-order valence-electron chi connectivity index (χ1n) is 7.44. The van der Waals surface area contributed by atoms with Gasteiger partial charge in [0, 0.05) is 16.3 Å². The van der Waals surface area contributed by atoms with Crippen molar-refractivity contribution in [3.8, 4) is 0 Å². The quantitative estimate of drug-likeness (QED) is 0.433. The molecule has 2 saturated carbocycles. The molecular formula is C17H21IO2. The van der Waals surface area contributed by atoms with Crippen LogP contribution in [0.25, 0.3) is 0 Å². The van der Waals surface area contributed by atoms with E-state index in [-0.39, 0.29) is 17.5 Å². The summed E-state index contributed by atoms with van der Waals surface area (Å²) in [6.07, 6.45) is 5.89. The first-order chi connectivity index (χ1) is 9.57. The van der Waals surface area contributed by atoms with Gasteiger partial charge in [-0.25, -0.2) is 0 Å². The first-order valence-corrected chi connectivity index (χ1v) is 8.69. The molecular weight excluding hydrogens is 363 g/mol. The van der Waals surface area contributed by atoms with E-state index in [9.17, 15) is 4.79 Å². The van der Waals surface area contributed by atoms with E-state index in [2.05, 4.69) is 52.9 Å². The van der Waals surface area contributed by atoms with E-state index in [1.54, 1.807) is 0 Å². The highest BCUT2D eigenvalue weighted by molar-refractivity contribution is 14.1. The van der Waals surface area contributed by atoms with Gasteiger partial charge < -0.3 is 4.74 Å². The normalized spacial score (nSPS) is 36.4. The summed E-state index contributed by atoms with van der Waals surface area (Å²) in [7, 11) is 0. The lowest BCUT2D eigenvalue weighted by molar-refractivity contribution is -0.150. The van der Waals surface area contributed by atoms with E-state index >= 15 is 0 Å². The van der Waals surface area contributed by atoms with Gasteiger partial charge in [-0.3, -0.25) is 4.79 Å². The van der Waals surface area contributed by atoms with E-state index in [0.717, 1.165) is 16.8 Å². The lowest BCUT2D eigenvalue weighted by Crippen LogP contribution is -2.46. The fraction of sp³-hybridized carbons (Fsp3) is 0.588. The molecule has 2 nitrogen and oxygen atoms in total. The predicted molar refractivity (Wildman–Crippen MR) is 88.1 cm³/mol. The minimum absolute atomic E-state index is 0.107. The molecule has 4 atom stereocenters. The minimum Gasteiger partial charge on any atom is -0.463 e. The molecule has 2 fully saturated rings. The summed E-state index contributed by atoms with van der Waals surface area (Å²) in [5.74, 6) is 0.563. The molecule has 20 heavy (non-hydrogen) atoms. The largest absolute Gasteiger partial charge is 0.463 e. The Hall–Kier alpha value is -0.580. The highest BCUT2D eigenvalue weighted by atomic mass is 127. The van der Waals surface area contributed by atoms with E-state index in [1.807, 2.05) is 0 Å². The summed E-state index contributed by atoms with van der Waals surface area (Å²) >= 11 is 2.61. The van der Waals surface area contributed by atoms with E-state index in [4.69, 9.17) is 4.74 Å². The number of hydrogen-bond acceptors (Lipinski definition) is 2. The summed E-state index contributed by atoms with van der Waals surface area (Å²) in [6.45, 7) is 1.53. The number of fused-ring (bicyclic) bond motifs is 2. The van der Waals surface area contributed by atoms with Crippen LogP contribution in [0.5, 0.6) is 0 Å². The molecule has 0 N–H and O–H groups in total. The first kappa shape index (κ1) is 14.4. The van der Waals surface area contributed by atoms with Crippen molar-refractivity contribution in [1.29, 1.82) is 0 Å². The minimum atomic E-state index is -0.135. The fourth-order valence-corrected chi connectivity index (χ4v) is 5.86. The van der Waals surface area contributed by atoms with Gasteiger partial charge in [-0.05, 0) is 43.6 Å². The number of benzene rings is 1. The van der Waals surface area contributed by atoms with Gasteiger partial charge in [-0.15, -0.1) is 0 Å². The van der Waals surface area contributed by atoms with Crippen LogP contribution >= 0.6 is 22.6 Å². The van der Waals surface area contributed by atoms with Crippen molar-refractivity contribution in [3.63, 3.8) is 0 Å². The van der Waals surface area contributed by atoms with Crippen LogP contribution in [0, 0.1) is 5.92 Å². The monoisotopic (exact) mass is 384 g/mol. The van der Waals surface area contributed by atoms with Crippen LogP contribution < -0.4 is 0 Å². The number of carbonyl (C=O) groups is 1. The van der Waals surface area contributed by atoms with E-state index < -0.39 is 0 Å². The van der Waals surface area contributed by atoms with Crippen LogP contribution in [0.4, 0.5) is 0 Å². The zero-order chi connectivity index (χ0) is 14.2. The third-order valence-corrected chi connectivity index (χ3v) is 5.76. The second-order valence-corrected chi connectivity index (χ2v) is 8.19. The van der Waals surface area contributed by atoms with Crippen molar-refractivity contribution in [2.24, 2.45) is 5.92 Å². The molecule has 4 unspecified atom stereocenters. The summed E-state index contributed by atoms with van der Waals surface area (Å²) in [5.41, 5.74) is 1.65. The molecule has 0 amide bonds. The maximum atomic E-state index is 11.3. The molecule has 0 saturated heterocycles. The SMILES string of the molecule is CC(=O)OC1CC2CC(I)CC(c3ccccc3)(C2)C1. The van der Waals surface area contributed by atoms with Crippen molar-refractivity contribution in [2.75, 3.05) is 0 Å². The molecule has 0 aliphatic heterocycles. The number of rotatable bonds is 2. The number of hydrogen-bond donors (Lipinski definition) is 0. The molecule has 3 heteroatoms. The zero-order valence-electron chi connectivity index (χ0n) is 11.8. The smallest absolute Gasteiger partial charge is 0.302 e. The number of ether oxygens (including phenoxy) is 1. The highest BCUT2D eigenvalue weighted by Crippen LogP contribution is 2.52. The van der Waals surface area contributed by atoms with Crippen molar-refractivity contribution in [1.82, 2.24) is 0 Å². The van der Waals surface area contributed by atoms with Crippen LogP contribution in [0.2, 0.25) is 0 Å². The molecule has 2 aliphatic rings. The summed E-state index contributed by atoms with van der Waals surface area (Å²) < 4.78 is 6.31. The van der Waals surface area contributed by atoms with Gasteiger partial charge in [0.1, 0.15) is 6.10 Å². The van der Waals surface area contributed by atoms with E-state index in [1.165, 1.54) is 31.7 Å². The number of alkyl halides is 1. The molecule has 0 heterocycles. The molecule has 3 rings (SSSR count). The van der Waals surface area contributed by atoms with Gasteiger partial charge in [-0.2, -0.15) is 0 Å². The van der Waals surface area contributed by atoms with Crippen molar-refractivity contribution in [2.45, 2.75) is 54.5 Å². The Labute approximate surface area is 134 Å². The Morgan fingerprint density at radius 1 is 1.20 bits per heavy atom. The van der Waals surface area contributed by atoms with Crippen molar-refractivity contribution < 1.29 is 9.53 Å². The highest BCUT2D eigenvalue weighted by Gasteiger charge is 2.47. The van der Waals surface area contributed by atoms with Crippen molar-refractivity contribution >= 4 is 28.6 Å². The van der Waals surface area contributed by atoms with Crippen LogP contribution in [0.3, 0.4) is 0 Å². The van der Waals surface area contributed by atoms with Crippen LogP contribution in [0.15, 0.2) is 30.3 Å². The molecule has 0 aromatic heterocycles. The maximum Gasteiger partial charge on any atom is 0.302 e. The second kappa shape index (κ2) is 5.66. The maximum absolute atomic E-state index is 11.3. The number of carbonyl (C=O) groups excluding carboxylic acids is 1. The number of halogens is 1. The van der Waals surface area contributed by atoms with Gasteiger partial charge in [0.25, 0.3) is 0 Å². The third-order valence-electron chi connectivity index (χ3n) is 4.81. The standard InChI is InChI=1S/C17H21IO2/c1-12(19)20-16-8-13-7-15(18)10-17(9-13,11-16)14-5-3-2-4-6-14/h2-6,13,15-16H,7-11H2,1H3. The van der Waals surface area contributed by atoms with Gasteiger partial charge in [-0.1, -0.05) is 52.9 Å². The van der Waals surface area contributed by atoms with Gasteiger partial charge in [0.15, 0.2) is 0 Å². The Balaban J connectivity index is 1.90. The predicted octanol–water partition coefficient (Wildman–Crippen LogP) is 4.25. The molecule has 108 valence electrons. The average molecular weight is 384 g/mol. The molecule has 0 spiro atoms. The zero-order valence-corrected chi connectivity index (χ0v) is 14.0. The fourth-order valence-electron chi connectivity index (χ4n) is 4.30. The average Bonchev–Trinajstić information content (AvgIpc) is 2.37. The lowest BCUT2D eigenvalue weighted by Gasteiger charge is -2.50. The third kappa shape index (κ3) is 2.87. The molecule has 1 aromatic carbocycles. The summed E-state index contributed by atoms with van der Waals surface area (Å²) in [5, 5.41) is 0. The van der Waals surface area contributed by atoms with Gasteiger partial charge >= 0.3 is 5.97 Å². The lowest BCUT2D eigenvalue weighted by atomic mass is 9.58. The summed E-state index contributed by atoms with van der Waals surface area (Å²) in [6, 6.07) is 10.8. The summed E-state index contributed by atoms with van der Waals surface area (Å²) in [4.78, 5) is 11.3. The topological polar surface area (TPSA) is 26.3 Å². The van der Waals surface area contributed by atoms with Crippen LogP contribution in [-0.2, 0) is 14.9 Å². The second-order valence-electron chi connectivity index (χ2n) is 6.42. The van der Waals surface area contributed by atoms with Crippen molar-refractivity contribution in [3.05, 3.63) is 35.9 Å². The van der Waals surface area contributed by atoms with Gasteiger partial charge in [0.05, 0.1) is 0 Å². The molecule has 2 bridgehead atoms. The Morgan fingerprint density at radius 2 is 1.95 bits per heavy atom.